The quantitative estimate of drug-likeness (QED) is 0.782. The van der Waals surface area contributed by atoms with Crippen LogP contribution in [0.25, 0.3) is 0 Å². The molecule has 1 aliphatic carbocycles. The Hall–Kier alpha value is -0.610. The molecule has 2 rings (SSSR count). The van der Waals surface area contributed by atoms with Crippen LogP contribution < -0.4 is 5.32 Å². The van der Waals surface area contributed by atoms with E-state index in [1.807, 2.05) is 18.7 Å². The first-order valence-electron chi connectivity index (χ1n) is 7.31. The number of carbonyl (C=O) groups excluding carboxylic acids is 1. The molecule has 1 heterocycles. The third-order valence-electron chi connectivity index (χ3n) is 3.68. The number of hydrogen-bond donors (Lipinski definition) is 1. The topological polar surface area (TPSA) is 41.6 Å². The number of amides is 1. The molecule has 1 saturated heterocycles. The van der Waals surface area contributed by atoms with Crippen LogP contribution in [0.2, 0.25) is 0 Å². The molecule has 1 atom stereocenters. The Morgan fingerprint density at radius 2 is 2.11 bits per heavy atom. The van der Waals surface area contributed by atoms with E-state index in [0.29, 0.717) is 12.1 Å². The van der Waals surface area contributed by atoms with Gasteiger partial charge in [0.15, 0.2) is 0 Å². The van der Waals surface area contributed by atoms with Crippen molar-refractivity contribution in [1.29, 1.82) is 0 Å². The summed E-state index contributed by atoms with van der Waals surface area (Å²) in [5.74, 6) is 0.165. The van der Waals surface area contributed by atoms with E-state index in [1.165, 1.54) is 32.1 Å². The lowest BCUT2D eigenvalue weighted by Gasteiger charge is -2.31. The molecule has 0 aromatic heterocycles. The third-order valence-corrected chi connectivity index (χ3v) is 3.68. The molecule has 104 valence electrons. The van der Waals surface area contributed by atoms with Crippen molar-refractivity contribution in [2.75, 3.05) is 19.7 Å². The number of carbonyl (C=O) groups is 1. The van der Waals surface area contributed by atoms with Crippen LogP contribution in [0.15, 0.2) is 0 Å². The highest BCUT2D eigenvalue weighted by Gasteiger charge is 2.34. The summed E-state index contributed by atoms with van der Waals surface area (Å²) in [6.07, 6.45) is 6.21. The molecule has 1 saturated carbocycles. The van der Waals surface area contributed by atoms with E-state index >= 15 is 0 Å². The van der Waals surface area contributed by atoms with Gasteiger partial charge in [0.25, 0.3) is 0 Å². The van der Waals surface area contributed by atoms with Crippen molar-refractivity contribution in [2.45, 2.75) is 64.1 Å². The van der Waals surface area contributed by atoms with Crippen molar-refractivity contribution < 1.29 is 9.53 Å². The second-order valence-corrected chi connectivity index (χ2v) is 5.78. The zero-order valence-corrected chi connectivity index (χ0v) is 11.7. The fourth-order valence-corrected chi connectivity index (χ4v) is 2.48. The van der Waals surface area contributed by atoms with Gasteiger partial charge >= 0.3 is 0 Å². The summed E-state index contributed by atoms with van der Waals surface area (Å²) in [6, 6.07) is 0.972. The number of ether oxygens (including phenoxy) is 1. The molecule has 0 aromatic rings. The summed E-state index contributed by atoms with van der Waals surface area (Å²) in [7, 11) is 0. The highest BCUT2D eigenvalue weighted by Crippen LogP contribution is 2.27. The van der Waals surface area contributed by atoms with E-state index in [9.17, 15) is 4.79 Å². The van der Waals surface area contributed by atoms with Crippen LogP contribution in [-0.2, 0) is 9.53 Å². The summed E-state index contributed by atoms with van der Waals surface area (Å²) in [5, 5.41) is 3.52. The van der Waals surface area contributed by atoms with E-state index in [0.717, 1.165) is 13.1 Å². The van der Waals surface area contributed by atoms with Crippen molar-refractivity contribution in [3.05, 3.63) is 0 Å². The van der Waals surface area contributed by atoms with E-state index < -0.39 is 0 Å². The Morgan fingerprint density at radius 1 is 1.33 bits per heavy atom. The summed E-state index contributed by atoms with van der Waals surface area (Å²) in [5.41, 5.74) is 0. The van der Waals surface area contributed by atoms with Crippen molar-refractivity contribution in [1.82, 2.24) is 10.2 Å². The Balaban J connectivity index is 1.81. The molecule has 1 aliphatic heterocycles. The van der Waals surface area contributed by atoms with Crippen LogP contribution >= 0.6 is 0 Å². The van der Waals surface area contributed by atoms with Gasteiger partial charge in [-0.2, -0.15) is 0 Å². The van der Waals surface area contributed by atoms with Crippen LogP contribution in [0.1, 0.15) is 46.0 Å². The summed E-state index contributed by atoms with van der Waals surface area (Å²) < 4.78 is 5.44. The second-order valence-electron chi connectivity index (χ2n) is 5.78. The van der Waals surface area contributed by atoms with Gasteiger partial charge in [-0.25, -0.2) is 0 Å². The van der Waals surface area contributed by atoms with Gasteiger partial charge in [0, 0.05) is 18.6 Å². The lowest BCUT2D eigenvalue weighted by Crippen LogP contribution is -2.47. The average molecular weight is 254 g/mol. The van der Waals surface area contributed by atoms with Crippen LogP contribution in [-0.4, -0.2) is 48.7 Å². The van der Waals surface area contributed by atoms with E-state index in [1.54, 1.807) is 0 Å². The highest BCUT2D eigenvalue weighted by molar-refractivity contribution is 5.78. The molecule has 1 unspecified atom stereocenters. The zero-order chi connectivity index (χ0) is 13.0. The molecular weight excluding hydrogens is 228 g/mol. The first-order valence-corrected chi connectivity index (χ1v) is 7.31. The molecule has 2 fully saturated rings. The smallest absolute Gasteiger partial charge is 0.248 e. The Kier molecular flexibility index (Phi) is 5.01. The fraction of sp³-hybridized carbons (Fsp3) is 0.929. The largest absolute Gasteiger partial charge is 0.369 e. The molecule has 2 aliphatic rings. The number of nitrogens with one attached hydrogen (secondary N) is 1. The van der Waals surface area contributed by atoms with Crippen molar-refractivity contribution >= 4 is 5.91 Å². The van der Waals surface area contributed by atoms with Gasteiger partial charge in [-0.15, -0.1) is 0 Å². The number of rotatable bonds is 6. The monoisotopic (exact) mass is 254 g/mol. The van der Waals surface area contributed by atoms with Crippen LogP contribution in [0.5, 0.6) is 0 Å². The van der Waals surface area contributed by atoms with Crippen molar-refractivity contribution in [3.63, 3.8) is 0 Å². The maximum absolute atomic E-state index is 12.2. The van der Waals surface area contributed by atoms with Crippen molar-refractivity contribution in [3.8, 4) is 0 Å². The molecule has 1 amide bonds. The molecule has 4 nitrogen and oxygen atoms in total. The van der Waals surface area contributed by atoms with E-state index in [4.69, 9.17) is 4.74 Å². The second kappa shape index (κ2) is 6.53. The van der Waals surface area contributed by atoms with Gasteiger partial charge < -0.3 is 15.0 Å². The SMILES string of the molecule is CC(C)OCC(=O)N(CC1CCCCN1)C1CC1. The minimum atomic E-state index is 0.128. The molecule has 0 bridgehead atoms. The van der Waals surface area contributed by atoms with Gasteiger partial charge in [0.2, 0.25) is 5.91 Å². The standard InChI is InChI=1S/C14H26N2O2/c1-11(2)18-10-14(17)16(13-6-7-13)9-12-5-3-4-8-15-12/h11-13,15H,3-10H2,1-2H3. The Labute approximate surface area is 110 Å². The van der Waals surface area contributed by atoms with Gasteiger partial charge in [-0.1, -0.05) is 6.42 Å². The van der Waals surface area contributed by atoms with E-state index in [-0.39, 0.29) is 18.6 Å². The molecule has 0 aromatic carbocycles. The molecule has 0 spiro atoms. The Morgan fingerprint density at radius 3 is 2.67 bits per heavy atom. The zero-order valence-electron chi connectivity index (χ0n) is 11.7. The maximum atomic E-state index is 12.2. The van der Waals surface area contributed by atoms with Gasteiger partial charge in [-0.3, -0.25) is 4.79 Å². The molecule has 1 N–H and O–H groups in total. The van der Waals surface area contributed by atoms with Gasteiger partial charge in [0.1, 0.15) is 6.61 Å². The van der Waals surface area contributed by atoms with E-state index in [2.05, 4.69) is 5.32 Å². The van der Waals surface area contributed by atoms with Crippen LogP contribution in [0.4, 0.5) is 0 Å². The number of piperidine rings is 1. The van der Waals surface area contributed by atoms with Crippen LogP contribution in [0, 0.1) is 0 Å². The molecule has 0 radical (unpaired) electrons. The van der Waals surface area contributed by atoms with Gasteiger partial charge in [0.05, 0.1) is 6.10 Å². The predicted octanol–water partition coefficient (Wildman–Crippen LogP) is 1.54. The summed E-state index contributed by atoms with van der Waals surface area (Å²) >= 11 is 0. The minimum absolute atomic E-state index is 0.128. The molecule has 4 heteroatoms. The first-order chi connectivity index (χ1) is 8.66. The number of nitrogens with zero attached hydrogens (tertiary/aromatic N) is 1. The maximum Gasteiger partial charge on any atom is 0.248 e. The summed E-state index contributed by atoms with van der Waals surface area (Å²) in [4.78, 5) is 14.2. The molecule has 18 heavy (non-hydrogen) atoms. The highest BCUT2D eigenvalue weighted by atomic mass is 16.5. The minimum Gasteiger partial charge on any atom is -0.369 e. The lowest BCUT2D eigenvalue weighted by atomic mass is 10.0. The van der Waals surface area contributed by atoms with Crippen molar-refractivity contribution in [2.24, 2.45) is 0 Å². The number of hydrogen-bond acceptors (Lipinski definition) is 3. The van der Waals surface area contributed by atoms with Crippen LogP contribution in [0.3, 0.4) is 0 Å². The fourth-order valence-electron chi connectivity index (χ4n) is 2.48. The molecular formula is C14H26N2O2. The first kappa shape index (κ1) is 13.8. The lowest BCUT2D eigenvalue weighted by molar-refractivity contribution is -0.138. The third kappa shape index (κ3) is 4.25. The van der Waals surface area contributed by atoms with Gasteiger partial charge in [-0.05, 0) is 46.1 Å². The Bertz CT molecular complexity index is 271. The normalized spacial score (nSPS) is 24.3. The average Bonchev–Trinajstić information content (AvgIpc) is 3.18. The summed E-state index contributed by atoms with van der Waals surface area (Å²) in [6.45, 7) is 6.14. The predicted molar refractivity (Wildman–Crippen MR) is 71.5 cm³/mol.